The van der Waals surface area contributed by atoms with Crippen molar-refractivity contribution in [1.29, 1.82) is 0 Å². The Morgan fingerprint density at radius 1 is 0.946 bits per heavy atom. The van der Waals surface area contributed by atoms with Crippen LogP contribution < -0.4 is 15.5 Å². The highest BCUT2D eigenvalue weighted by atomic mass is 16.5. The van der Waals surface area contributed by atoms with Crippen molar-refractivity contribution in [1.82, 2.24) is 20.4 Å². The van der Waals surface area contributed by atoms with Gasteiger partial charge in [-0.1, -0.05) is 12.1 Å². The Morgan fingerprint density at radius 2 is 1.68 bits per heavy atom. The van der Waals surface area contributed by atoms with Crippen molar-refractivity contribution in [2.24, 2.45) is 5.92 Å². The quantitative estimate of drug-likeness (QED) is 0.572. The molecular weight excluding hydrogens is 470 g/mol. The first-order chi connectivity index (χ1) is 18.0. The van der Waals surface area contributed by atoms with E-state index in [9.17, 15) is 14.4 Å². The molecule has 0 bridgehead atoms. The first kappa shape index (κ1) is 25.0. The molecule has 4 fully saturated rings. The second kappa shape index (κ2) is 10.4. The summed E-state index contributed by atoms with van der Waals surface area (Å²) < 4.78 is 5.64. The van der Waals surface area contributed by atoms with Crippen molar-refractivity contribution in [3.63, 3.8) is 0 Å². The van der Waals surface area contributed by atoms with Crippen molar-refractivity contribution < 1.29 is 19.1 Å². The molecule has 0 aliphatic carbocycles. The molecule has 2 N–H and O–H groups in total. The van der Waals surface area contributed by atoms with Gasteiger partial charge in [0.2, 0.25) is 17.7 Å². The Bertz CT molecular complexity index is 1040. The van der Waals surface area contributed by atoms with Gasteiger partial charge in [0, 0.05) is 64.6 Å². The van der Waals surface area contributed by atoms with Crippen molar-refractivity contribution in [3.05, 3.63) is 29.3 Å². The number of amides is 3. The van der Waals surface area contributed by atoms with E-state index in [2.05, 4.69) is 32.6 Å². The molecule has 1 aromatic carbocycles. The maximum absolute atomic E-state index is 14.0. The summed E-state index contributed by atoms with van der Waals surface area (Å²) in [4.78, 5) is 45.3. The molecule has 200 valence electrons. The van der Waals surface area contributed by atoms with E-state index in [0.717, 1.165) is 63.0 Å². The fourth-order valence-corrected chi connectivity index (χ4v) is 6.99. The van der Waals surface area contributed by atoms with E-state index in [4.69, 9.17) is 4.74 Å². The first-order valence-corrected chi connectivity index (χ1v) is 14.1. The number of hydrogen-bond donors (Lipinski definition) is 2. The van der Waals surface area contributed by atoms with Gasteiger partial charge in [0.1, 0.15) is 6.04 Å². The molecule has 1 aromatic rings. The molecule has 0 saturated carbocycles. The van der Waals surface area contributed by atoms with E-state index in [1.54, 1.807) is 4.90 Å². The normalized spacial score (nSPS) is 27.5. The summed E-state index contributed by atoms with van der Waals surface area (Å²) in [5, 5.41) is 5.90. The van der Waals surface area contributed by atoms with Crippen LogP contribution in [0.4, 0.5) is 5.69 Å². The SMILES string of the molecule is O=C1CCC(N2C(=O)C3(CCOCC3)c3cc(CN4CCN(CC5CCNCC5)CC4)ccc32)C(=O)N1. The second-order valence-electron chi connectivity index (χ2n) is 11.5. The number of fused-ring (bicyclic) bond motifs is 2. The fourth-order valence-electron chi connectivity index (χ4n) is 6.99. The summed E-state index contributed by atoms with van der Waals surface area (Å²) in [6.07, 6.45) is 4.45. The second-order valence-corrected chi connectivity index (χ2v) is 11.5. The van der Waals surface area contributed by atoms with Gasteiger partial charge in [-0.2, -0.15) is 0 Å². The van der Waals surface area contributed by atoms with Crippen molar-refractivity contribution >= 4 is 23.4 Å². The van der Waals surface area contributed by atoms with Gasteiger partial charge in [0.15, 0.2) is 0 Å². The monoisotopic (exact) mass is 509 g/mol. The molecule has 9 nitrogen and oxygen atoms in total. The molecular formula is C28H39N5O4. The zero-order valence-electron chi connectivity index (χ0n) is 21.7. The van der Waals surface area contributed by atoms with E-state index >= 15 is 0 Å². The average molecular weight is 510 g/mol. The molecule has 1 spiro atoms. The lowest BCUT2D eigenvalue weighted by Crippen LogP contribution is -2.56. The summed E-state index contributed by atoms with van der Waals surface area (Å²) in [6.45, 7) is 9.81. The zero-order valence-corrected chi connectivity index (χ0v) is 21.7. The molecule has 9 heteroatoms. The topological polar surface area (TPSA) is 94.2 Å². The van der Waals surface area contributed by atoms with Gasteiger partial charge in [-0.15, -0.1) is 0 Å². The predicted octanol–water partition coefficient (Wildman–Crippen LogP) is 1.00. The number of ether oxygens (including phenoxy) is 1. The smallest absolute Gasteiger partial charge is 0.249 e. The summed E-state index contributed by atoms with van der Waals surface area (Å²) >= 11 is 0. The minimum atomic E-state index is -0.640. The van der Waals surface area contributed by atoms with Crippen LogP contribution in [-0.2, 0) is 31.1 Å². The van der Waals surface area contributed by atoms with E-state index in [-0.39, 0.29) is 24.1 Å². The van der Waals surface area contributed by atoms with Crippen LogP contribution in [0.15, 0.2) is 18.2 Å². The third kappa shape index (κ3) is 4.82. The summed E-state index contributed by atoms with van der Waals surface area (Å²) in [7, 11) is 0. The number of imide groups is 1. The lowest BCUT2D eigenvalue weighted by atomic mass is 9.75. The van der Waals surface area contributed by atoms with Crippen LogP contribution in [0.25, 0.3) is 0 Å². The highest BCUT2D eigenvalue weighted by Crippen LogP contribution is 2.49. The van der Waals surface area contributed by atoms with Gasteiger partial charge in [-0.3, -0.25) is 29.5 Å². The van der Waals surface area contributed by atoms with Crippen molar-refractivity contribution in [2.75, 3.05) is 63.9 Å². The molecule has 4 saturated heterocycles. The number of rotatable bonds is 5. The van der Waals surface area contributed by atoms with Crippen LogP contribution in [0.2, 0.25) is 0 Å². The summed E-state index contributed by atoms with van der Waals surface area (Å²) in [6, 6.07) is 5.73. The first-order valence-electron chi connectivity index (χ1n) is 14.1. The number of nitrogens with zero attached hydrogens (tertiary/aromatic N) is 3. The van der Waals surface area contributed by atoms with Crippen LogP contribution in [-0.4, -0.2) is 92.6 Å². The maximum atomic E-state index is 14.0. The molecule has 5 aliphatic heterocycles. The van der Waals surface area contributed by atoms with Gasteiger partial charge in [0.25, 0.3) is 0 Å². The number of hydrogen-bond acceptors (Lipinski definition) is 7. The maximum Gasteiger partial charge on any atom is 0.249 e. The Kier molecular flexibility index (Phi) is 7.05. The fraction of sp³-hybridized carbons (Fsp3) is 0.679. The molecule has 0 aromatic heterocycles. The molecule has 5 heterocycles. The highest BCUT2D eigenvalue weighted by Gasteiger charge is 2.54. The number of carbonyl (C=O) groups excluding carboxylic acids is 3. The predicted molar refractivity (Wildman–Crippen MR) is 139 cm³/mol. The van der Waals surface area contributed by atoms with Gasteiger partial charge >= 0.3 is 0 Å². The molecule has 1 unspecified atom stereocenters. The van der Waals surface area contributed by atoms with Crippen molar-refractivity contribution in [3.8, 4) is 0 Å². The number of nitrogens with one attached hydrogen (secondary N) is 2. The largest absolute Gasteiger partial charge is 0.381 e. The molecule has 0 radical (unpaired) electrons. The number of anilines is 1. The van der Waals surface area contributed by atoms with E-state index in [1.165, 1.54) is 24.9 Å². The van der Waals surface area contributed by atoms with Crippen LogP contribution in [0.5, 0.6) is 0 Å². The Balaban J connectivity index is 1.18. The molecule has 1 atom stereocenters. The summed E-state index contributed by atoms with van der Waals surface area (Å²) in [5.41, 5.74) is 2.44. The molecule has 3 amide bonds. The van der Waals surface area contributed by atoms with Crippen LogP contribution in [0, 0.1) is 5.92 Å². The van der Waals surface area contributed by atoms with Gasteiger partial charge in [0.05, 0.1) is 5.41 Å². The minimum absolute atomic E-state index is 0.0102. The van der Waals surface area contributed by atoms with Gasteiger partial charge < -0.3 is 15.0 Å². The average Bonchev–Trinajstić information content (AvgIpc) is 3.13. The van der Waals surface area contributed by atoms with E-state index in [1.807, 2.05) is 6.07 Å². The standard InChI is InChI=1S/C28H39N5O4/c34-25-4-3-24(26(35)30-25)33-23-2-1-21(17-22(23)28(27(33)36)7-15-37-16-8-28)19-32-13-11-31(12-14-32)18-20-5-9-29-10-6-20/h1-2,17,20,24,29H,3-16,18-19H2,(H,30,34,35). The van der Waals surface area contributed by atoms with Gasteiger partial charge in [-0.25, -0.2) is 0 Å². The van der Waals surface area contributed by atoms with Gasteiger partial charge in [-0.05, 0) is 68.3 Å². The van der Waals surface area contributed by atoms with E-state index in [0.29, 0.717) is 32.5 Å². The minimum Gasteiger partial charge on any atom is -0.381 e. The van der Waals surface area contributed by atoms with Crippen LogP contribution in [0.3, 0.4) is 0 Å². The van der Waals surface area contributed by atoms with Crippen molar-refractivity contribution in [2.45, 2.75) is 56.5 Å². The Morgan fingerprint density at radius 3 is 2.41 bits per heavy atom. The third-order valence-electron chi connectivity index (χ3n) is 9.18. The van der Waals surface area contributed by atoms with Crippen LogP contribution >= 0.6 is 0 Å². The number of carbonyl (C=O) groups is 3. The lowest BCUT2D eigenvalue weighted by Gasteiger charge is -2.37. The zero-order chi connectivity index (χ0) is 25.4. The molecule has 5 aliphatic rings. The third-order valence-corrected chi connectivity index (χ3v) is 9.18. The Hall–Kier alpha value is -2.33. The molecule has 37 heavy (non-hydrogen) atoms. The molecule has 6 rings (SSSR count). The van der Waals surface area contributed by atoms with E-state index < -0.39 is 11.5 Å². The number of piperidine rings is 2. The highest BCUT2D eigenvalue weighted by molar-refractivity contribution is 6.14. The summed E-state index contributed by atoms with van der Waals surface area (Å²) in [5.74, 6) is 0.181. The Labute approximate surface area is 218 Å². The number of piperazine rings is 1. The number of benzene rings is 1. The lowest BCUT2D eigenvalue weighted by molar-refractivity contribution is -0.137. The van der Waals surface area contributed by atoms with Crippen LogP contribution in [0.1, 0.15) is 49.7 Å².